The van der Waals surface area contributed by atoms with Crippen LogP contribution in [0.25, 0.3) is 10.6 Å². The molecule has 0 aliphatic rings. The van der Waals surface area contributed by atoms with Gasteiger partial charge in [0.15, 0.2) is 0 Å². The summed E-state index contributed by atoms with van der Waals surface area (Å²) in [7, 11) is 0. The van der Waals surface area contributed by atoms with Crippen molar-refractivity contribution in [3.63, 3.8) is 0 Å². The van der Waals surface area contributed by atoms with Crippen LogP contribution in [-0.2, 0) is 25.8 Å². The molecule has 0 bridgehead atoms. The molecule has 2 rings (SSSR count). The summed E-state index contributed by atoms with van der Waals surface area (Å²) >= 11 is 0. The Morgan fingerprint density at radius 3 is 1.26 bits per heavy atom. The molecule has 2 nitrogen and oxygen atoms in total. The van der Waals surface area contributed by atoms with Crippen LogP contribution in [0.2, 0.25) is 0 Å². The first-order valence-corrected chi connectivity index (χ1v) is 8.98. The van der Waals surface area contributed by atoms with Crippen molar-refractivity contribution in [2.24, 2.45) is 0 Å². The molecule has 0 heterocycles. The van der Waals surface area contributed by atoms with Gasteiger partial charge in [0, 0.05) is 0 Å². The van der Waals surface area contributed by atoms with E-state index in [0.717, 1.165) is 37.3 Å². The molecule has 148 valence electrons. The average molecular weight is 574 g/mol. The molecular formula is C22H32Cl2HfN2. The fraction of sp³-hybridized carbons (Fsp3) is 0.455. The van der Waals surface area contributed by atoms with Crippen LogP contribution in [0.5, 0.6) is 0 Å². The van der Waals surface area contributed by atoms with Crippen molar-refractivity contribution in [2.75, 3.05) is 13.1 Å². The Morgan fingerprint density at radius 1 is 0.630 bits per heavy atom. The molecule has 0 aliphatic carbocycles. The minimum atomic E-state index is 0. The normalized spacial score (nSPS) is 8.81. The topological polar surface area (TPSA) is 28.2 Å². The third-order valence-corrected chi connectivity index (χ3v) is 4.16. The zero-order valence-corrected chi connectivity index (χ0v) is 22.5. The van der Waals surface area contributed by atoms with E-state index in [1.54, 1.807) is 0 Å². The number of hydrogen-bond donors (Lipinski definition) is 0. The fourth-order valence-corrected chi connectivity index (χ4v) is 2.28. The first-order chi connectivity index (χ1) is 11.5. The number of benzene rings is 2. The molecule has 0 aliphatic heterocycles. The summed E-state index contributed by atoms with van der Waals surface area (Å²) in [6.45, 7) is 14.7. The number of rotatable bonds is 6. The second-order valence-electron chi connectivity index (χ2n) is 6.20. The molecule has 0 fully saturated rings. The van der Waals surface area contributed by atoms with Gasteiger partial charge >= 0.3 is 25.8 Å². The van der Waals surface area contributed by atoms with Crippen molar-refractivity contribution >= 4 is 11.4 Å². The van der Waals surface area contributed by atoms with Crippen LogP contribution in [0, 0.1) is 27.7 Å². The Kier molecular flexibility index (Phi) is 20.3. The molecule has 27 heavy (non-hydrogen) atoms. The van der Waals surface area contributed by atoms with Crippen molar-refractivity contribution < 1.29 is 50.7 Å². The van der Waals surface area contributed by atoms with Crippen molar-refractivity contribution in [2.45, 2.75) is 54.4 Å². The number of hydrogen-bond acceptors (Lipinski definition) is 0. The summed E-state index contributed by atoms with van der Waals surface area (Å²) in [4.78, 5) is 0. The first kappa shape index (κ1) is 31.2. The van der Waals surface area contributed by atoms with Gasteiger partial charge in [-0.25, -0.2) is 0 Å². The molecule has 2 aromatic rings. The van der Waals surface area contributed by atoms with Crippen molar-refractivity contribution in [3.8, 4) is 0 Å². The summed E-state index contributed by atoms with van der Waals surface area (Å²) in [6, 6.07) is 12.5. The number of nitrogens with zero attached hydrogens (tertiary/aromatic N) is 2. The second kappa shape index (κ2) is 17.6. The smallest absolute Gasteiger partial charge is 1.00 e. The van der Waals surface area contributed by atoms with Crippen molar-refractivity contribution in [1.82, 2.24) is 0 Å². The molecule has 0 N–H and O–H groups in total. The van der Waals surface area contributed by atoms with Gasteiger partial charge in [0.1, 0.15) is 0 Å². The summed E-state index contributed by atoms with van der Waals surface area (Å²) in [5, 5.41) is 8.97. The summed E-state index contributed by atoms with van der Waals surface area (Å²) in [5.74, 6) is 0. The van der Waals surface area contributed by atoms with Crippen LogP contribution in [0.3, 0.4) is 0 Å². The zero-order valence-electron chi connectivity index (χ0n) is 17.4. The van der Waals surface area contributed by atoms with E-state index in [2.05, 4.69) is 88.6 Å². The predicted molar refractivity (Wildman–Crippen MR) is 108 cm³/mol. The standard InChI is InChI=1S/2C11H16N.2ClH.Hf/c2*1-4-8-12-11-7-5-6-9(2)10(11)3;;;/h2*5-7H,4,8H2,1-3H3;2*1H;/q2*-1;;;+4/p-2. The number of aryl methyl sites for hydroxylation is 2. The van der Waals surface area contributed by atoms with E-state index in [9.17, 15) is 0 Å². The fourth-order valence-electron chi connectivity index (χ4n) is 2.28. The van der Waals surface area contributed by atoms with Gasteiger partial charge in [-0.15, -0.1) is 24.5 Å². The Balaban J connectivity index is -0.000000384. The zero-order chi connectivity index (χ0) is 17.9. The minimum Gasteiger partial charge on any atom is -1.00 e. The maximum Gasteiger partial charge on any atom is 4.00 e. The molecule has 0 saturated heterocycles. The van der Waals surface area contributed by atoms with Crippen LogP contribution in [0.15, 0.2) is 36.4 Å². The van der Waals surface area contributed by atoms with E-state index in [0.29, 0.717) is 0 Å². The Hall–Kier alpha value is -0.510. The van der Waals surface area contributed by atoms with E-state index >= 15 is 0 Å². The van der Waals surface area contributed by atoms with Gasteiger partial charge in [-0.2, -0.15) is 0 Å². The van der Waals surface area contributed by atoms with Crippen LogP contribution in [0.4, 0.5) is 11.4 Å². The van der Waals surface area contributed by atoms with Crippen LogP contribution >= 0.6 is 0 Å². The summed E-state index contributed by atoms with van der Waals surface area (Å²) < 4.78 is 0. The molecule has 0 aromatic heterocycles. The van der Waals surface area contributed by atoms with Gasteiger partial charge in [-0.05, 0) is 38.8 Å². The molecule has 0 atom stereocenters. The average Bonchev–Trinajstić information content (AvgIpc) is 2.58. The molecule has 2 aromatic carbocycles. The first-order valence-electron chi connectivity index (χ1n) is 8.98. The van der Waals surface area contributed by atoms with Gasteiger partial charge in [-0.1, -0.05) is 74.2 Å². The number of halogens is 2. The Labute approximate surface area is 197 Å². The van der Waals surface area contributed by atoms with E-state index in [1.807, 2.05) is 0 Å². The monoisotopic (exact) mass is 574 g/mol. The maximum atomic E-state index is 4.49. The molecule has 0 radical (unpaired) electrons. The van der Waals surface area contributed by atoms with Crippen molar-refractivity contribution in [3.05, 3.63) is 69.3 Å². The van der Waals surface area contributed by atoms with Gasteiger partial charge in [0.25, 0.3) is 0 Å². The van der Waals surface area contributed by atoms with E-state index in [4.69, 9.17) is 0 Å². The van der Waals surface area contributed by atoms with Gasteiger partial charge in [-0.3, -0.25) is 0 Å². The SMILES string of the molecule is CCC[N-]c1cccc(C)c1C.CCC[N-]c1cccc(C)c1C.[Cl-].[Cl-].[Hf+4]. The summed E-state index contributed by atoms with van der Waals surface area (Å²) in [6.07, 6.45) is 2.24. The molecule has 0 spiro atoms. The molecule has 5 heteroatoms. The maximum absolute atomic E-state index is 4.49. The van der Waals surface area contributed by atoms with E-state index < -0.39 is 0 Å². The minimum absolute atomic E-state index is 0. The third kappa shape index (κ3) is 11.2. The molecule has 0 amide bonds. The Bertz CT molecular complexity index is 578. The molecular weight excluding hydrogens is 542 g/mol. The van der Waals surface area contributed by atoms with Crippen molar-refractivity contribution in [1.29, 1.82) is 0 Å². The quantitative estimate of drug-likeness (QED) is 0.468. The van der Waals surface area contributed by atoms with Gasteiger partial charge in [0.2, 0.25) is 0 Å². The Morgan fingerprint density at radius 2 is 0.963 bits per heavy atom. The molecule has 0 saturated carbocycles. The van der Waals surface area contributed by atoms with Crippen LogP contribution in [0.1, 0.15) is 48.9 Å². The van der Waals surface area contributed by atoms with Gasteiger partial charge in [0.05, 0.1) is 0 Å². The van der Waals surface area contributed by atoms with E-state index in [-0.39, 0.29) is 50.7 Å². The third-order valence-electron chi connectivity index (χ3n) is 4.16. The van der Waals surface area contributed by atoms with Gasteiger partial charge < -0.3 is 35.4 Å². The predicted octanol–water partition coefficient (Wildman–Crippen LogP) is 1.44. The van der Waals surface area contributed by atoms with Crippen LogP contribution < -0.4 is 24.8 Å². The summed E-state index contributed by atoms with van der Waals surface area (Å²) in [5.41, 5.74) is 7.57. The molecule has 0 unspecified atom stereocenters. The van der Waals surface area contributed by atoms with E-state index in [1.165, 1.54) is 22.3 Å². The largest absolute Gasteiger partial charge is 4.00 e. The second-order valence-corrected chi connectivity index (χ2v) is 6.20. The van der Waals surface area contributed by atoms with Crippen LogP contribution in [-0.4, -0.2) is 13.1 Å².